The molecule has 0 fully saturated rings. The molecule has 2 aromatic carbocycles. The Balaban J connectivity index is 1.93. The third-order valence-corrected chi connectivity index (χ3v) is 3.47. The first-order valence-corrected chi connectivity index (χ1v) is 7.86. The molecule has 0 spiro atoms. The number of carbonyl (C=O) groups excluding carboxylic acids is 1. The molecule has 1 amide bonds. The van der Waals surface area contributed by atoms with Crippen molar-refractivity contribution in [2.45, 2.75) is 13.8 Å². The minimum Gasteiger partial charge on any atom is -0.504 e. The molecule has 2 rings (SSSR count). The zero-order valence-electron chi connectivity index (χ0n) is 14.2. The van der Waals surface area contributed by atoms with Crippen molar-refractivity contribution in [1.29, 1.82) is 0 Å². The molecule has 0 saturated carbocycles. The Morgan fingerprint density at radius 2 is 1.92 bits per heavy atom. The largest absolute Gasteiger partial charge is 0.504 e. The molecule has 2 aromatic rings. The highest BCUT2D eigenvalue weighted by atomic mass is 35.5. The average molecular weight is 363 g/mol. The predicted molar refractivity (Wildman–Crippen MR) is 96.8 cm³/mol. The van der Waals surface area contributed by atoms with Crippen LogP contribution < -0.4 is 14.9 Å². The minimum absolute atomic E-state index is 0.114. The summed E-state index contributed by atoms with van der Waals surface area (Å²) in [4.78, 5) is 11.8. The number of phenols is 1. The Bertz CT molecular complexity index is 786. The second kappa shape index (κ2) is 8.39. The molecular weight excluding hydrogens is 344 g/mol. The van der Waals surface area contributed by atoms with Gasteiger partial charge in [0.25, 0.3) is 5.91 Å². The maximum atomic E-state index is 11.8. The van der Waals surface area contributed by atoms with Crippen LogP contribution in [-0.4, -0.2) is 30.9 Å². The van der Waals surface area contributed by atoms with E-state index in [0.717, 1.165) is 11.1 Å². The lowest BCUT2D eigenvalue weighted by Crippen LogP contribution is -2.24. The third-order valence-electron chi connectivity index (χ3n) is 3.25. The van der Waals surface area contributed by atoms with Gasteiger partial charge in [-0.1, -0.05) is 17.7 Å². The van der Waals surface area contributed by atoms with Crippen molar-refractivity contribution in [1.82, 2.24) is 5.43 Å². The number of rotatable bonds is 6. The van der Waals surface area contributed by atoms with Crippen LogP contribution in [0.3, 0.4) is 0 Å². The number of hydrazone groups is 1. The van der Waals surface area contributed by atoms with Crippen molar-refractivity contribution < 1.29 is 19.4 Å². The normalized spacial score (nSPS) is 10.7. The predicted octanol–water partition coefficient (Wildman–Crippen LogP) is 3.20. The maximum Gasteiger partial charge on any atom is 0.277 e. The number of ether oxygens (including phenoxy) is 2. The van der Waals surface area contributed by atoms with Gasteiger partial charge in [0.2, 0.25) is 0 Å². The summed E-state index contributed by atoms with van der Waals surface area (Å²) in [7, 11) is 1.42. The minimum atomic E-state index is -0.427. The number of carbonyl (C=O) groups is 1. The first-order chi connectivity index (χ1) is 11.9. The summed E-state index contributed by atoms with van der Waals surface area (Å²) in [6.07, 6.45) is 1.28. The van der Waals surface area contributed by atoms with Crippen LogP contribution >= 0.6 is 11.6 Å². The van der Waals surface area contributed by atoms with Crippen LogP contribution in [0, 0.1) is 13.8 Å². The fourth-order valence-corrected chi connectivity index (χ4v) is 2.44. The van der Waals surface area contributed by atoms with Gasteiger partial charge in [-0.15, -0.1) is 0 Å². The summed E-state index contributed by atoms with van der Waals surface area (Å²) >= 11 is 5.93. The summed E-state index contributed by atoms with van der Waals surface area (Å²) < 4.78 is 10.4. The molecule has 6 nitrogen and oxygen atoms in total. The molecule has 25 heavy (non-hydrogen) atoms. The van der Waals surface area contributed by atoms with Gasteiger partial charge in [-0.25, -0.2) is 5.43 Å². The van der Waals surface area contributed by atoms with Gasteiger partial charge in [0.05, 0.1) is 13.3 Å². The van der Waals surface area contributed by atoms with Crippen LogP contribution in [0.4, 0.5) is 0 Å². The monoisotopic (exact) mass is 362 g/mol. The molecule has 0 heterocycles. The number of nitrogens with zero attached hydrogens (tertiary/aromatic N) is 1. The summed E-state index contributed by atoms with van der Waals surface area (Å²) in [6, 6.07) is 8.69. The van der Waals surface area contributed by atoms with E-state index in [9.17, 15) is 9.90 Å². The first-order valence-electron chi connectivity index (χ1n) is 7.48. The zero-order chi connectivity index (χ0) is 18.4. The molecule has 0 aliphatic rings. The number of methoxy groups -OCH3 is 1. The Labute approximate surface area is 151 Å². The number of halogens is 1. The van der Waals surface area contributed by atoms with E-state index in [-0.39, 0.29) is 18.1 Å². The van der Waals surface area contributed by atoms with E-state index in [1.807, 2.05) is 32.0 Å². The van der Waals surface area contributed by atoms with E-state index in [4.69, 9.17) is 21.1 Å². The van der Waals surface area contributed by atoms with Crippen molar-refractivity contribution in [3.05, 3.63) is 52.0 Å². The van der Waals surface area contributed by atoms with E-state index >= 15 is 0 Å². The molecule has 2 N–H and O–H groups in total. The smallest absolute Gasteiger partial charge is 0.277 e. The fourth-order valence-electron chi connectivity index (χ4n) is 2.22. The maximum absolute atomic E-state index is 11.8. The van der Waals surface area contributed by atoms with Crippen LogP contribution in [0.1, 0.15) is 16.7 Å². The van der Waals surface area contributed by atoms with Crippen molar-refractivity contribution in [2.24, 2.45) is 5.10 Å². The quantitative estimate of drug-likeness (QED) is 0.611. The van der Waals surface area contributed by atoms with Crippen LogP contribution in [0.5, 0.6) is 17.2 Å². The van der Waals surface area contributed by atoms with Crippen molar-refractivity contribution in [3.8, 4) is 17.2 Å². The lowest BCUT2D eigenvalue weighted by atomic mass is 10.1. The number of aromatic hydroxyl groups is 1. The van der Waals surface area contributed by atoms with Gasteiger partial charge >= 0.3 is 0 Å². The molecule has 0 unspecified atom stereocenters. The van der Waals surface area contributed by atoms with Gasteiger partial charge in [0.1, 0.15) is 5.75 Å². The second-order valence-corrected chi connectivity index (χ2v) is 5.89. The fraction of sp³-hybridized carbons (Fsp3) is 0.222. The zero-order valence-corrected chi connectivity index (χ0v) is 14.9. The summed E-state index contributed by atoms with van der Waals surface area (Å²) in [6.45, 7) is 3.73. The van der Waals surface area contributed by atoms with E-state index in [0.29, 0.717) is 16.3 Å². The lowest BCUT2D eigenvalue weighted by Gasteiger charge is -2.08. The summed E-state index contributed by atoms with van der Waals surface area (Å²) in [5.74, 6) is 0.299. The SMILES string of the molecule is COc1cc(Cl)cc(/C=N/NC(=O)COc2cc(C)cc(C)c2)c1O. The topological polar surface area (TPSA) is 80.2 Å². The Morgan fingerprint density at radius 1 is 1.24 bits per heavy atom. The Hall–Kier alpha value is -2.73. The molecular formula is C18H19ClN2O4. The van der Waals surface area contributed by atoms with Gasteiger partial charge in [-0.2, -0.15) is 5.10 Å². The van der Waals surface area contributed by atoms with Gasteiger partial charge < -0.3 is 14.6 Å². The van der Waals surface area contributed by atoms with Crippen LogP contribution in [0.25, 0.3) is 0 Å². The number of amides is 1. The van der Waals surface area contributed by atoms with Gasteiger partial charge in [0.15, 0.2) is 18.1 Å². The summed E-state index contributed by atoms with van der Waals surface area (Å²) in [5.41, 5.74) is 4.75. The van der Waals surface area contributed by atoms with Crippen molar-refractivity contribution in [3.63, 3.8) is 0 Å². The van der Waals surface area contributed by atoms with E-state index in [1.54, 1.807) is 0 Å². The highest BCUT2D eigenvalue weighted by Crippen LogP contribution is 2.32. The average Bonchev–Trinajstić information content (AvgIpc) is 2.55. The third kappa shape index (κ3) is 5.39. The highest BCUT2D eigenvalue weighted by Gasteiger charge is 2.08. The second-order valence-electron chi connectivity index (χ2n) is 5.45. The van der Waals surface area contributed by atoms with E-state index in [2.05, 4.69) is 10.5 Å². The number of hydrogen-bond donors (Lipinski definition) is 2. The molecule has 0 aliphatic carbocycles. The number of aryl methyl sites for hydroxylation is 2. The molecule has 0 saturated heterocycles. The molecule has 132 valence electrons. The highest BCUT2D eigenvalue weighted by molar-refractivity contribution is 6.31. The molecule has 0 radical (unpaired) electrons. The number of hydrogen-bond acceptors (Lipinski definition) is 5. The van der Waals surface area contributed by atoms with Gasteiger partial charge in [-0.3, -0.25) is 4.79 Å². The molecule has 0 atom stereocenters. The van der Waals surface area contributed by atoms with Crippen molar-refractivity contribution >= 4 is 23.7 Å². The Morgan fingerprint density at radius 3 is 2.56 bits per heavy atom. The molecule has 7 heteroatoms. The van der Waals surface area contributed by atoms with E-state index in [1.165, 1.54) is 25.5 Å². The van der Waals surface area contributed by atoms with Gasteiger partial charge in [-0.05, 0) is 43.2 Å². The van der Waals surface area contributed by atoms with Crippen LogP contribution in [0.15, 0.2) is 35.4 Å². The number of nitrogens with one attached hydrogen (secondary N) is 1. The molecule has 0 aliphatic heterocycles. The van der Waals surface area contributed by atoms with Crippen LogP contribution in [0.2, 0.25) is 5.02 Å². The number of benzene rings is 2. The first kappa shape index (κ1) is 18.6. The van der Waals surface area contributed by atoms with Crippen LogP contribution in [-0.2, 0) is 4.79 Å². The lowest BCUT2D eigenvalue weighted by molar-refractivity contribution is -0.123. The molecule has 0 bridgehead atoms. The molecule has 0 aromatic heterocycles. The van der Waals surface area contributed by atoms with Crippen molar-refractivity contribution in [2.75, 3.05) is 13.7 Å². The Kier molecular flexibility index (Phi) is 6.25. The summed E-state index contributed by atoms with van der Waals surface area (Å²) in [5, 5.41) is 14.1. The van der Waals surface area contributed by atoms with E-state index < -0.39 is 5.91 Å². The standard InChI is InChI=1S/C18H19ClN2O4/c1-11-4-12(2)6-15(5-11)25-10-17(22)21-20-9-13-7-14(19)8-16(24-3)18(13)23/h4-9,23H,10H2,1-3H3,(H,21,22)/b20-9+. The van der Waals surface area contributed by atoms with Gasteiger partial charge in [0, 0.05) is 16.7 Å². The number of phenolic OH excluding ortho intramolecular Hbond substituents is 1.